The molecule has 0 aromatic carbocycles. The molecule has 0 bridgehead atoms. The number of thiophene rings is 1. The molecular formula is C15H22N2O2S. The van der Waals surface area contributed by atoms with E-state index in [1.54, 1.807) is 0 Å². The van der Waals surface area contributed by atoms with E-state index in [4.69, 9.17) is 4.74 Å². The lowest BCUT2D eigenvalue weighted by Gasteiger charge is -2.38. The number of likely N-dealkylation sites (N-methyl/N-ethyl adjacent to an activating group) is 1. The summed E-state index contributed by atoms with van der Waals surface area (Å²) in [6, 6.07) is 4.37. The lowest BCUT2D eigenvalue weighted by atomic mass is 9.87. The average Bonchev–Trinajstić information content (AvgIpc) is 3.09. The molecule has 3 rings (SSSR count). The van der Waals surface area contributed by atoms with Gasteiger partial charge in [-0.25, -0.2) is 0 Å². The van der Waals surface area contributed by atoms with Gasteiger partial charge in [0.2, 0.25) is 0 Å². The van der Waals surface area contributed by atoms with Crippen LogP contribution in [0.2, 0.25) is 0 Å². The summed E-state index contributed by atoms with van der Waals surface area (Å²) in [6.07, 6.45) is 3.03. The number of carbonyl (C=O) groups is 1. The Morgan fingerprint density at radius 1 is 1.45 bits per heavy atom. The van der Waals surface area contributed by atoms with Crippen LogP contribution in [0.25, 0.3) is 0 Å². The Kier molecular flexibility index (Phi) is 3.84. The summed E-state index contributed by atoms with van der Waals surface area (Å²) in [6.45, 7) is 2.46. The van der Waals surface area contributed by atoms with E-state index in [9.17, 15) is 4.79 Å². The molecule has 1 aromatic heterocycles. The first-order valence-electron chi connectivity index (χ1n) is 7.23. The van der Waals surface area contributed by atoms with Gasteiger partial charge in [0.25, 0.3) is 5.91 Å². The number of likely N-dealkylation sites (tertiary alicyclic amines) is 1. The van der Waals surface area contributed by atoms with Crippen LogP contribution in [0.3, 0.4) is 0 Å². The number of hydrogen-bond donors (Lipinski definition) is 0. The summed E-state index contributed by atoms with van der Waals surface area (Å²) in [5.74, 6) is 0.178. The highest BCUT2D eigenvalue weighted by atomic mass is 32.1. The highest BCUT2D eigenvalue weighted by Crippen LogP contribution is 2.37. The second kappa shape index (κ2) is 5.47. The largest absolute Gasteiger partial charge is 0.373 e. The molecule has 110 valence electrons. The van der Waals surface area contributed by atoms with Crippen molar-refractivity contribution in [1.82, 2.24) is 9.80 Å². The fourth-order valence-corrected chi connectivity index (χ4v) is 3.86. The minimum Gasteiger partial charge on any atom is -0.373 e. The van der Waals surface area contributed by atoms with Crippen molar-refractivity contribution in [3.05, 3.63) is 22.4 Å². The topological polar surface area (TPSA) is 32.8 Å². The van der Waals surface area contributed by atoms with Crippen LogP contribution in [0.4, 0.5) is 0 Å². The van der Waals surface area contributed by atoms with Crippen LogP contribution in [0.15, 0.2) is 17.5 Å². The molecule has 4 nitrogen and oxygen atoms in total. The summed E-state index contributed by atoms with van der Waals surface area (Å²) in [5, 5.41) is 1.96. The zero-order valence-corrected chi connectivity index (χ0v) is 13.0. The zero-order valence-electron chi connectivity index (χ0n) is 12.2. The Hall–Kier alpha value is -0.910. The van der Waals surface area contributed by atoms with E-state index in [0.29, 0.717) is 6.04 Å². The lowest BCUT2D eigenvalue weighted by molar-refractivity contribution is -0.0391. The normalized spacial score (nSPS) is 25.6. The Morgan fingerprint density at radius 2 is 2.20 bits per heavy atom. The highest BCUT2D eigenvalue weighted by molar-refractivity contribution is 7.12. The third-order valence-corrected chi connectivity index (χ3v) is 5.47. The van der Waals surface area contributed by atoms with Gasteiger partial charge >= 0.3 is 0 Å². The second-order valence-electron chi connectivity index (χ2n) is 6.09. The Balaban J connectivity index is 1.59. The summed E-state index contributed by atoms with van der Waals surface area (Å²) in [7, 11) is 4.23. The van der Waals surface area contributed by atoms with Crippen LogP contribution in [0, 0.1) is 0 Å². The van der Waals surface area contributed by atoms with Gasteiger partial charge in [0.15, 0.2) is 0 Å². The van der Waals surface area contributed by atoms with Crippen LogP contribution in [0.5, 0.6) is 0 Å². The quantitative estimate of drug-likeness (QED) is 0.837. The number of nitrogens with zero attached hydrogens (tertiary/aromatic N) is 2. The molecule has 5 heteroatoms. The molecule has 0 radical (unpaired) electrons. The van der Waals surface area contributed by atoms with E-state index >= 15 is 0 Å². The maximum Gasteiger partial charge on any atom is 0.263 e. The summed E-state index contributed by atoms with van der Waals surface area (Å²) in [5.41, 5.74) is 0.0150. The number of amides is 1. The summed E-state index contributed by atoms with van der Waals surface area (Å²) < 4.78 is 6.10. The second-order valence-corrected chi connectivity index (χ2v) is 7.03. The summed E-state index contributed by atoms with van der Waals surface area (Å²) >= 11 is 1.52. The minimum atomic E-state index is 0.0150. The maximum atomic E-state index is 12.3. The van der Waals surface area contributed by atoms with E-state index in [1.165, 1.54) is 11.3 Å². The third-order valence-electron chi connectivity index (χ3n) is 4.61. The average molecular weight is 294 g/mol. The molecule has 1 amide bonds. The number of rotatable bonds is 2. The molecule has 2 fully saturated rings. The number of carbonyl (C=O) groups excluding carboxylic acids is 1. The molecule has 20 heavy (non-hydrogen) atoms. The van der Waals surface area contributed by atoms with Crippen LogP contribution >= 0.6 is 11.3 Å². The Labute approximate surface area is 124 Å². The van der Waals surface area contributed by atoms with Gasteiger partial charge in [-0.1, -0.05) is 6.07 Å². The number of piperidine rings is 1. The van der Waals surface area contributed by atoms with Crippen LogP contribution < -0.4 is 0 Å². The van der Waals surface area contributed by atoms with Crippen molar-refractivity contribution in [2.45, 2.75) is 30.9 Å². The molecule has 1 atom stereocenters. The van der Waals surface area contributed by atoms with Crippen molar-refractivity contribution in [1.29, 1.82) is 0 Å². The van der Waals surface area contributed by atoms with Crippen molar-refractivity contribution in [3.63, 3.8) is 0 Å². The first-order chi connectivity index (χ1) is 9.60. The molecule has 3 heterocycles. The Bertz CT molecular complexity index is 464. The highest BCUT2D eigenvalue weighted by Gasteiger charge is 2.44. The van der Waals surface area contributed by atoms with Crippen LogP contribution in [-0.2, 0) is 4.74 Å². The fraction of sp³-hybridized carbons (Fsp3) is 0.667. The van der Waals surface area contributed by atoms with E-state index in [2.05, 4.69) is 19.0 Å². The van der Waals surface area contributed by atoms with E-state index in [1.807, 2.05) is 22.4 Å². The van der Waals surface area contributed by atoms with E-state index in [-0.39, 0.29) is 11.5 Å². The van der Waals surface area contributed by atoms with Crippen molar-refractivity contribution < 1.29 is 9.53 Å². The molecule has 0 N–H and O–H groups in total. The SMILES string of the molecule is CN(C)[C@@H]1COC2(CCN(C(=O)c3cccs3)CC2)C1. The van der Waals surface area contributed by atoms with Crippen molar-refractivity contribution >= 4 is 17.2 Å². The molecule has 0 saturated carbocycles. The standard InChI is InChI=1S/C15H22N2O2S/c1-16(2)12-10-15(19-11-12)5-7-17(8-6-15)14(18)13-4-3-9-20-13/h3-4,9,12H,5-8,10-11H2,1-2H3/t12-/m0/s1. The molecule has 1 spiro atoms. The van der Waals surface area contributed by atoms with Crippen molar-refractivity contribution in [3.8, 4) is 0 Å². The first kappa shape index (κ1) is 14.0. The van der Waals surface area contributed by atoms with Gasteiger partial charge in [-0.2, -0.15) is 0 Å². The maximum absolute atomic E-state index is 12.3. The number of ether oxygens (including phenoxy) is 1. The Morgan fingerprint density at radius 3 is 2.75 bits per heavy atom. The van der Waals surface area contributed by atoms with Crippen LogP contribution in [0.1, 0.15) is 28.9 Å². The predicted octanol–water partition coefficient (Wildman–Crippen LogP) is 2.07. The fourth-order valence-electron chi connectivity index (χ4n) is 3.17. The lowest BCUT2D eigenvalue weighted by Crippen LogP contribution is -2.46. The van der Waals surface area contributed by atoms with Crippen LogP contribution in [-0.4, -0.2) is 61.1 Å². The van der Waals surface area contributed by atoms with Gasteiger partial charge in [0.05, 0.1) is 17.1 Å². The van der Waals surface area contributed by atoms with Gasteiger partial charge in [-0.05, 0) is 44.8 Å². The third kappa shape index (κ3) is 2.62. The first-order valence-corrected chi connectivity index (χ1v) is 8.11. The monoisotopic (exact) mass is 294 g/mol. The zero-order chi connectivity index (χ0) is 14.2. The minimum absolute atomic E-state index is 0.0150. The number of hydrogen-bond acceptors (Lipinski definition) is 4. The molecular weight excluding hydrogens is 272 g/mol. The van der Waals surface area contributed by atoms with Gasteiger partial charge in [0.1, 0.15) is 0 Å². The van der Waals surface area contributed by atoms with Gasteiger partial charge in [-0.3, -0.25) is 4.79 Å². The van der Waals surface area contributed by atoms with Crippen molar-refractivity contribution in [2.24, 2.45) is 0 Å². The van der Waals surface area contributed by atoms with E-state index in [0.717, 1.165) is 43.8 Å². The smallest absolute Gasteiger partial charge is 0.263 e. The molecule has 0 aliphatic carbocycles. The molecule has 2 aliphatic rings. The predicted molar refractivity (Wildman–Crippen MR) is 80.2 cm³/mol. The molecule has 1 aromatic rings. The van der Waals surface area contributed by atoms with Crippen molar-refractivity contribution in [2.75, 3.05) is 33.8 Å². The van der Waals surface area contributed by atoms with Gasteiger partial charge < -0.3 is 14.5 Å². The summed E-state index contributed by atoms with van der Waals surface area (Å²) in [4.78, 5) is 17.4. The molecule has 0 unspecified atom stereocenters. The van der Waals surface area contributed by atoms with E-state index < -0.39 is 0 Å². The molecule has 2 aliphatic heterocycles. The molecule has 2 saturated heterocycles. The van der Waals surface area contributed by atoms with Gasteiger partial charge in [-0.15, -0.1) is 11.3 Å². The van der Waals surface area contributed by atoms with Gasteiger partial charge in [0, 0.05) is 19.1 Å².